The highest BCUT2D eigenvalue weighted by Crippen LogP contribution is 2.36. The molecule has 1 aromatic carbocycles. The van der Waals surface area contributed by atoms with Gasteiger partial charge in [-0.1, -0.05) is 83.8 Å². The Kier molecular flexibility index (Phi) is 12.6. The van der Waals surface area contributed by atoms with Gasteiger partial charge in [-0.05, 0) is 49.8 Å². The summed E-state index contributed by atoms with van der Waals surface area (Å²) in [6, 6.07) is 8.42. The number of carbonyl (C=O) groups is 1. The maximum Gasteiger partial charge on any atom is 0.306 e. The van der Waals surface area contributed by atoms with E-state index < -0.39 is 0 Å². The number of esters is 1. The highest BCUT2D eigenvalue weighted by molar-refractivity contribution is 5.69. The van der Waals surface area contributed by atoms with Crippen LogP contribution in [0.2, 0.25) is 0 Å². The normalized spacial score (nSPS) is 18.9. The second-order valence-electron chi connectivity index (χ2n) is 8.92. The van der Waals surface area contributed by atoms with E-state index in [0.29, 0.717) is 12.3 Å². The van der Waals surface area contributed by atoms with Gasteiger partial charge in [-0.25, -0.2) is 0 Å². The number of carbonyl (C=O) groups excluding carboxylic acids is 1. The summed E-state index contributed by atoms with van der Waals surface area (Å²) in [6.45, 7) is 5.12. The third kappa shape index (κ3) is 9.53. The van der Waals surface area contributed by atoms with Gasteiger partial charge in [0.25, 0.3) is 0 Å². The molecule has 0 saturated heterocycles. The van der Waals surface area contributed by atoms with Gasteiger partial charge in [0.2, 0.25) is 0 Å². The molecule has 3 nitrogen and oxygen atoms in total. The van der Waals surface area contributed by atoms with Crippen molar-refractivity contribution < 1.29 is 14.3 Å². The average molecular weight is 417 g/mol. The molecular formula is C27H44O3. The Bertz CT molecular complexity index is 566. The lowest BCUT2D eigenvalue weighted by Gasteiger charge is -2.31. The van der Waals surface area contributed by atoms with Gasteiger partial charge in [-0.3, -0.25) is 4.79 Å². The second-order valence-corrected chi connectivity index (χ2v) is 8.92. The molecule has 2 rings (SSSR count). The minimum atomic E-state index is -0.00209. The topological polar surface area (TPSA) is 35.5 Å². The zero-order chi connectivity index (χ0) is 21.4. The lowest BCUT2D eigenvalue weighted by Crippen LogP contribution is -2.28. The van der Waals surface area contributed by atoms with Crippen molar-refractivity contribution in [3.63, 3.8) is 0 Å². The third-order valence-corrected chi connectivity index (χ3v) is 6.25. The van der Waals surface area contributed by atoms with Crippen molar-refractivity contribution >= 4 is 5.97 Å². The van der Waals surface area contributed by atoms with Crippen molar-refractivity contribution in [3.8, 4) is 5.75 Å². The van der Waals surface area contributed by atoms with E-state index in [-0.39, 0.29) is 12.1 Å². The molecular weight excluding hydrogens is 372 g/mol. The molecule has 0 bridgehead atoms. The maximum atomic E-state index is 12.4. The van der Waals surface area contributed by atoms with E-state index in [1.807, 2.05) is 0 Å². The standard InChI is InChI=1S/C27H44O3/c1-3-5-6-7-8-9-10-11-12-17-27(28)30-26-16-14-13-15-25(26)23-18-20-24(21-19-23)29-22-4-2/h18-21,25-26H,3-17,22H2,1-2H3/t25-,26+/m1/s1. The molecule has 1 aliphatic rings. The smallest absolute Gasteiger partial charge is 0.306 e. The van der Waals surface area contributed by atoms with E-state index in [9.17, 15) is 4.79 Å². The summed E-state index contributed by atoms with van der Waals surface area (Å²) < 4.78 is 11.7. The number of rotatable bonds is 15. The van der Waals surface area contributed by atoms with Crippen LogP contribution in [-0.4, -0.2) is 18.7 Å². The lowest BCUT2D eigenvalue weighted by atomic mass is 9.81. The molecule has 0 aromatic heterocycles. The second kappa shape index (κ2) is 15.3. The molecule has 0 spiro atoms. The first-order chi connectivity index (χ1) is 14.7. The van der Waals surface area contributed by atoms with Crippen molar-refractivity contribution in [2.45, 2.75) is 122 Å². The van der Waals surface area contributed by atoms with Gasteiger partial charge in [0, 0.05) is 12.3 Å². The van der Waals surface area contributed by atoms with Crippen LogP contribution in [0.4, 0.5) is 0 Å². The van der Waals surface area contributed by atoms with E-state index in [1.54, 1.807) is 0 Å². The summed E-state index contributed by atoms with van der Waals surface area (Å²) in [5.74, 6) is 1.25. The summed E-state index contributed by atoms with van der Waals surface area (Å²) >= 11 is 0. The number of unbranched alkanes of at least 4 members (excludes halogenated alkanes) is 8. The van der Waals surface area contributed by atoms with Gasteiger partial charge in [-0.15, -0.1) is 0 Å². The van der Waals surface area contributed by atoms with E-state index >= 15 is 0 Å². The molecule has 0 heterocycles. The summed E-state index contributed by atoms with van der Waals surface area (Å²) in [7, 11) is 0. The molecule has 0 amide bonds. The van der Waals surface area contributed by atoms with Crippen LogP contribution in [-0.2, 0) is 9.53 Å². The zero-order valence-corrected chi connectivity index (χ0v) is 19.5. The molecule has 30 heavy (non-hydrogen) atoms. The van der Waals surface area contributed by atoms with Gasteiger partial charge in [0.05, 0.1) is 6.61 Å². The average Bonchev–Trinajstić information content (AvgIpc) is 2.77. The van der Waals surface area contributed by atoms with Gasteiger partial charge in [0.1, 0.15) is 11.9 Å². The Balaban J connectivity index is 1.68. The van der Waals surface area contributed by atoms with Crippen LogP contribution in [0.1, 0.15) is 122 Å². The fourth-order valence-corrected chi connectivity index (χ4v) is 4.46. The molecule has 1 saturated carbocycles. The van der Waals surface area contributed by atoms with E-state index in [2.05, 4.69) is 38.1 Å². The molecule has 2 atom stereocenters. The molecule has 0 unspecified atom stereocenters. The summed E-state index contributed by atoms with van der Waals surface area (Å²) in [6.07, 6.45) is 17.5. The summed E-state index contributed by atoms with van der Waals surface area (Å²) in [5, 5.41) is 0. The van der Waals surface area contributed by atoms with Crippen LogP contribution in [0.3, 0.4) is 0 Å². The van der Waals surface area contributed by atoms with Crippen LogP contribution < -0.4 is 4.74 Å². The summed E-state index contributed by atoms with van der Waals surface area (Å²) in [4.78, 5) is 12.4. The number of ether oxygens (including phenoxy) is 2. The number of hydrogen-bond donors (Lipinski definition) is 0. The third-order valence-electron chi connectivity index (χ3n) is 6.25. The van der Waals surface area contributed by atoms with Crippen LogP contribution in [0, 0.1) is 0 Å². The number of hydrogen-bond acceptors (Lipinski definition) is 3. The van der Waals surface area contributed by atoms with Crippen molar-refractivity contribution in [2.24, 2.45) is 0 Å². The molecule has 1 aromatic rings. The van der Waals surface area contributed by atoms with Gasteiger partial charge < -0.3 is 9.47 Å². The fraction of sp³-hybridized carbons (Fsp3) is 0.741. The largest absolute Gasteiger partial charge is 0.494 e. The van der Waals surface area contributed by atoms with Crippen molar-refractivity contribution in [1.29, 1.82) is 0 Å². The highest BCUT2D eigenvalue weighted by atomic mass is 16.5. The molecule has 0 aliphatic heterocycles. The van der Waals surface area contributed by atoms with Crippen LogP contribution in [0.15, 0.2) is 24.3 Å². The van der Waals surface area contributed by atoms with E-state index in [0.717, 1.165) is 50.9 Å². The van der Waals surface area contributed by atoms with Crippen LogP contribution in [0.25, 0.3) is 0 Å². The first-order valence-electron chi connectivity index (χ1n) is 12.7. The Morgan fingerprint density at radius 1 is 0.833 bits per heavy atom. The fourth-order valence-electron chi connectivity index (χ4n) is 4.46. The Hall–Kier alpha value is -1.51. The highest BCUT2D eigenvalue weighted by Gasteiger charge is 2.29. The van der Waals surface area contributed by atoms with Gasteiger partial charge in [0.15, 0.2) is 0 Å². The minimum Gasteiger partial charge on any atom is -0.494 e. The number of benzene rings is 1. The van der Waals surface area contributed by atoms with Gasteiger partial charge in [-0.2, -0.15) is 0 Å². The minimum absolute atomic E-state index is 0.00209. The predicted octanol–water partition coefficient (Wildman–Crippen LogP) is 7.97. The van der Waals surface area contributed by atoms with E-state index in [4.69, 9.17) is 9.47 Å². The Morgan fingerprint density at radius 2 is 1.47 bits per heavy atom. The van der Waals surface area contributed by atoms with Crippen LogP contribution >= 0.6 is 0 Å². The first-order valence-corrected chi connectivity index (χ1v) is 12.7. The molecule has 0 N–H and O–H groups in total. The molecule has 1 fully saturated rings. The van der Waals surface area contributed by atoms with Crippen molar-refractivity contribution in [3.05, 3.63) is 29.8 Å². The van der Waals surface area contributed by atoms with E-state index in [1.165, 1.54) is 56.9 Å². The first kappa shape index (κ1) is 24.8. The molecule has 0 radical (unpaired) electrons. The van der Waals surface area contributed by atoms with Crippen LogP contribution in [0.5, 0.6) is 5.75 Å². The molecule has 3 heteroatoms. The van der Waals surface area contributed by atoms with Crippen molar-refractivity contribution in [1.82, 2.24) is 0 Å². The maximum absolute atomic E-state index is 12.4. The summed E-state index contributed by atoms with van der Waals surface area (Å²) in [5.41, 5.74) is 1.28. The Morgan fingerprint density at radius 3 is 2.13 bits per heavy atom. The molecule has 170 valence electrons. The SMILES string of the molecule is CCCCCCCCCCCC(=O)O[C@H]1CCCC[C@@H]1c1ccc(OCCC)cc1. The molecule has 1 aliphatic carbocycles. The zero-order valence-electron chi connectivity index (χ0n) is 19.5. The Labute approximate surface area is 184 Å². The van der Waals surface area contributed by atoms with Gasteiger partial charge >= 0.3 is 5.97 Å². The predicted molar refractivity (Wildman–Crippen MR) is 125 cm³/mol. The monoisotopic (exact) mass is 416 g/mol. The quantitative estimate of drug-likeness (QED) is 0.215. The lowest BCUT2D eigenvalue weighted by molar-refractivity contribution is -0.151. The van der Waals surface area contributed by atoms with Crippen molar-refractivity contribution in [2.75, 3.05) is 6.61 Å².